The van der Waals surface area contributed by atoms with E-state index in [9.17, 15) is 18.0 Å². The lowest BCUT2D eigenvalue weighted by Gasteiger charge is -2.39. The summed E-state index contributed by atoms with van der Waals surface area (Å²) >= 11 is 6.00. The number of nitrogens with zero attached hydrogens (tertiary/aromatic N) is 3. The molecule has 2 saturated heterocycles. The molecule has 2 N–H and O–H groups in total. The van der Waals surface area contributed by atoms with E-state index in [0.717, 1.165) is 17.5 Å². The van der Waals surface area contributed by atoms with E-state index in [2.05, 4.69) is 14.9 Å². The van der Waals surface area contributed by atoms with Gasteiger partial charge in [-0.25, -0.2) is 13.2 Å². The van der Waals surface area contributed by atoms with Crippen molar-refractivity contribution in [1.82, 2.24) is 15.1 Å². The van der Waals surface area contributed by atoms with Gasteiger partial charge < -0.3 is 20.0 Å². The molecule has 0 spiro atoms. The molecule has 35 heavy (non-hydrogen) atoms. The second-order valence-corrected chi connectivity index (χ2v) is 10.9. The van der Waals surface area contributed by atoms with Gasteiger partial charge in [0.1, 0.15) is 6.04 Å². The first-order valence-corrected chi connectivity index (χ1v) is 13.7. The van der Waals surface area contributed by atoms with Crippen LogP contribution in [0.15, 0.2) is 48.5 Å². The number of hydrogen-bond donors (Lipinski definition) is 2. The first kappa shape index (κ1) is 25.1. The summed E-state index contributed by atoms with van der Waals surface area (Å²) < 4.78 is 26.1. The Morgan fingerprint density at radius 3 is 2.23 bits per heavy atom. The Kier molecular flexibility index (Phi) is 7.71. The van der Waals surface area contributed by atoms with E-state index in [4.69, 9.17) is 11.6 Å². The van der Waals surface area contributed by atoms with E-state index in [-0.39, 0.29) is 11.9 Å². The number of piperazine rings is 1. The van der Waals surface area contributed by atoms with Crippen LogP contribution in [-0.4, -0.2) is 81.7 Å². The van der Waals surface area contributed by atoms with Gasteiger partial charge in [-0.1, -0.05) is 35.9 Å². The number of rotatable bonds is 7. The smallest absolute Gasteiger partial charge is 0.318 e. The second kappa shape index (κ2) is 10.7. The Balaban J connectivity index is 1.44. The Morgan fingerprint density at radius 1 is 0.971 bits per heavy atom. The van der Waals surface area contributed by atoms with Gasteiger partial charge in [-0.05, 0) is 29.8 Å². The first-order valence-electron chi connectivity index (χ1n) is 11.4. The summed E-state index contributed by atoms with van der Waals surface area (Å²) in [5, 5.41) is 3.52. The fraction of sp³-hybridized carbons (Fsp3) is 0.375. The van der Waals surface area contributed by atoms with Gasteiger partial charge in [-0.3, -0.25) is 9.52 Å². The molecule has 9 nitrogen and oxygen atoms in total. The van der Waals surface area contributed by atoms with Crippen molar-refractivity contribution in [3.05, 3.63) is 65.5 Å². The van der Waals surface area contributed by atoms with Crippen LogP contribution in [0.5, 0.6) is 0 Å². The summed E-state index contributed by atoms with van der Waals surface area (Å²) in [6.07, 6.45) is 3.47. The van der Waals surface area contributed by atoms with Crippen molar-refractivity contribution in [2.24, 2.45) is 0 Å². The number of hydrogen-bond acceptors (Lipinski definition) is 5. The molecule has 0 aliphatic carbocycles. The van der Waals surface area contributed by atoms with Gasteiger partial charge in [0.05, 0.1) is 17.6 Å². The van der Waals surface area contributed by atoms with Crippen molar-refractivity contribution >= 4 is 44.9 Å². The Bertz CT molecular complexity index is 1160. The van der Waals surface area contributed by atoms with E-state index in [1.165, 1.54) is 0 Å². The summed E-state index contributed by atoms with van der Waals surface area (Å²) in [6, 6.07) is 13.5. The zero-order valence-electron chi connectivity index (χ0n) is 19.5. The molecule has 2 heterocycles. The Morgan fingerprint density at radius 2 is 1.63 bits per heavy atom. The summed E-state index contributed by atoms with van der Waals surface area (Å²) in [5.74, 6) is -0.139. The van der Waals surface area contributed by atoms with E-state index in [1.807, 2.05) is 30.7 Å². The van der Waals surface area contributed by atoms with Crippen molar-refractivity contribution in [1.29, 1.82) is 0 Å². The third-order valence-corrected chi connectivity index (χ3v) is 6.91. The van der Waals surface area contributed by atoms with Gasteiger partial charge in [0, 0.05) is 57.1 Å². The normalized spacial score (nSPS) is 16.9. The van der Waals surface area contributed by atoms with Crippen molar-refractivity contribution in [3.8, 4) is 0 Å². The lowest BCUT2D eigenvalue weighted by Crippen LogP contribution is -2.58. The number of sulfonamides is 1. The van der Waals surface area contributed by atoms with Crippen molar-refractivity contribution in [2.75, 3.05) is 55.1 Å². The standard InChI is InChI=1S/C24H29ClN5O4S/c1-35(33,34)27-20-5-2-3-6-22(20)28-13-15-29(16-14-28)23(31)21(26-24(32)30-11-4-12-30)17-18-7-9-19(25)10-8-18/h2-10,21,27H,11-17H2,1H3,(H,26,32)/t21-/m1/s1. The van der Waals surface area contributed by atoms with E-state index >= 15 is 0 Å². The molecule has 1 radical (unpaired) electrons. The van der Waals surface area contributed by atoms with Crippen LogP contribution in [0.3, 0.4) is 0 Å². The number of benzene rings is 2. The highest BCUT2D eigenvalue weighted by Crippen LogP contribution is 2.27. The van der Waals surface area contributed by atoms with Crippen LogP contribution in [0.1, 0.15) is 5.56 Å². The minimum atomic E-state index is -3.42. The zero-order valence-corrected chi connectivity index (χ0v) is 21.1. The minimum Gasteiger partial charge on any atom is -0.366 e. The molecule has 0 aromatic heterocycles. The molecule has 0 saturated carbocycles. The molecule has 2 fully saturated rings. The third kappa shape index (κ3) is 6.58. The molecule has 4 rings (SSSR count). The van der Waals surface area contributed by atoms with Crippen LogP contribution in [-0.2, 0) is 21.2 Å². The average Bonchev–Trinajstić information content (AvgIpc) is 2.78. The van der Waals surface area contributed by atoms with Crippen molar-refractivity contribution in [3.63, 3.8) is 0 Å². The second-order valence-electron chi connectivity index (χ2n) is 8.73. The van der Waals surface area contributed by atoms with Crippen molar-refractivity contribution in [2.45, 2.75) is 12.5 Å². The van der Waals surface area contributed by atoms with Crippen LogP contribution in [0, 0.1) is 6.42 Å². The number of nitrogens with one attached hydrogen (secondary N) is 2. The Labute approximate surface area is 211 Å². The highest BCUT2D eigenvalue weighted by molar-refractivity contribution is 7.92. The maximum atomic E-state index is 13.5. The number of halogens is 1. The Hall–Kier alpha value is -2.98. The van der Waals surface area contributed by atoms with Gasteiger partial charge >= 0.3 is 6.03 Å². The topological polar surface area (TPSA) is 102 Å². The molecule has 2 aromatic rings. The molecule has 1 atom stereocenters. The predicted molar refractivity (Wildman–Crippen MR) is 137 cm³/mol. The van der Waals surface area contributed by atoms with E-state index in [1.54, 1.807) is 34.1 Å². The van der Waals surface area contributed by atoms with Crippen molar-refractivity contribution < 1.29 is 18.0 Å². The molecular formula is C24H29ClN5O4S. The molecule has 2 aromatic carbocycles. The summed E-state index contributed by atoms with van der Waals surface area (Å²) in [4.78, 5) is 31.5. The number of urea groups is 1. The van der Waals surface area contributed by atoms with E-state index < -0.39 is 16.1 Å². The SMILES string of the molecule is CS(=O)(=O)Nc1ccccc1N1CCN(C(=O)[C@@H](Cc2ccc(Cl)cc2)NC(=O)N2C[CH]C2)CC1. The molecule has 2 aliphatic heterocycles. The highest BCUT2D eigenvalue weighted by Gasteiger charge is 2.31. The first-order chi connectivity index (χ1) is 16.7. The highest BCUT2D eigenvalue weighted by atomic mass is 35.5. The fourth-order valence-electron chi connectivity index (χ4n) is 4.14. The van der Waals surface area contributed by atoms with E-state index in [0.29, 0.717) is 56.4 Å². The molecule has 3 amide bonds. The lowest BCUT2D eigenvalue weighted by molar-refractivity contribution is -0.133. The maximum absolute atomic E-state index is 13.5. The number of amides is 3. The molecule has 187 valence electrons. The minimum absolute atomic E-state index is 0.139. The quantitative estimate of drug-likeness (QED) is 0.585. The number of para-hydroxylation sites is 2. The summed E-state index contributed by atoms with van der Waals surface area (Å²) in [6.45, 7) is 3.14. The third-order valence-electron chi connectivity index (χ3n) is 6.07. The predicted octanol–water partition coefficient (Wildman–Crippen LogP) is 2.20. The molecule has 0 unspecified atom stereocenters. The zero-order chi connectivity index (χ0) is 25.0. The van der Waals surface area contributed by atoms with Crippen LogP contribution in [0.2, 0.25) is 5.02 Å². The number of carbonyl (C=O) groups excluding carboxylic acids is 2. The van der Waals surface area contributed by atoms with Gasteiger partial charge in [-0.15, -0.1) is 0 Å². The van der Waals surface area contributed by atoms with Crippen LogP contribution in [0.4, 0.5) is 16.2 Å². The molecule has 0 bridgehead atoms. The lowest BCUT2D eigenvalue weighted by atomic mass is 10.0. The van der Waals surface area contributed by atoms with Crippen LogP contribution in [0.25, 0.3) is 0 Å². The van der Waals surface area contributed by atoms with Gasteiger partial charge in [0.15, 0.2) is 0 Å². The fourth-order valence-corrected chi connectivity index (χ4v) is 4.84. The number of anilines is 2. The summed E-state index contributed by atoms with van der Waals surface area (Å²) in [7, 11) is -3.42. The van der Waals surface area contributed by atoms with Crippen LogP contribution >= 0.6 is 11.6 Å². The number of likely N-dealkylation sites (tertiary alicyclic amines) is 1. The van der Waals surface area contributed by atoms with Gasteiger partial charge in [0.2, 0.25) is 15.9 Å². The van der Waals surface area contributed by atoms with Crippen LogP contribution < -0.4 is 14.9 Å². The van der Waals surface area contributed by atoms with Gasteiger partial charge in [-0.2, -0.15) is 0 Å². The molecule has 11 heteroatoms. The largest absolute Gasteiger partial charge is 0.366 e. The summed E-state index contributed by atoms with van der Waals surface area (Å²) in [5.41, 5.74) is 2.18. The average molecular weight is 519 g/mol. The number of carbonyl (C=O) groups is 2. The molecule has 2 aliphatic rings. The van der Waals surface area contributed by atoms with Gasteiger partial charge in [0.25, 0.3) is 0 Å². The monoisotopic (exact) mass is 518 g/mol. The maximum Gasteiger partial charge on any atom is 0.318 e. The molecular weight excluding hydrogens is 490 g/mol.